The van der Waals surface area contributed by atoms with E-state index in [0.29, 0.717) is 5.56 Å². The summed E-state index contributed by atoms with van der Waals surface area (Å²) in [7, 11) is 3.48. The van der Waals surface area contributed by atoms with Crippen LogP contribution in [0.2, 0.25) is 0 Å². The van der Waals surface area contributed by atoms with E-state index in [4.69, 9.17) is 4.74 Å². The second-order valence-electron chi connectivity index (χ2n) is 5.86. The number of ether oxygens (including phenoxy) is 1. The van der Waals surface area contributed by atoms with Crippen LogP contribution >= 0.6 is 0 Å². The lowest BCUT2D eigenvalue weighted by Gasteiger charge is -2.34. The Hall–Kier alpha value is -2.50. The van der Waals surface area contributed by atoms with E-state index >= 15 is 0 Å². The molecule has 1 N–H and O–H groups in total. The van der Waals surface area contributed by atoms with Crippen molar-refractivity contribution in [3.8, 4) is 5.75 Å². The summed E-state index contributed by atoms with van der Waals surface area (Å²) in [4.78, 5) is 14.6. The molecule has 3 rings (SSSR count). The minimum atomic E-state index is -0.0596. The van der Waals surface area contributed by atoms with Crippen molar-refractivity contribution < 1.29 is 9.53 Å². The zero-order valence-electron chi connectivity index (χ0n) is 13.5. The zero-order chi connectivity index (χ0) is 16.2. The van der Waals surface area contributed by atoms with E-state index < -0.39 is 0 Å². The van der Waals surface area contributed by atoms with E-state index in [1.807, 2.05) is 25.2 Å². The maximum absolute atomic E-state index is 12.3. The summed E-state index contributed by atoms with van der Waals surface area (Å²) >= 11 is 0. The van der Waals surface area contributed by atoms with Crippen LogP contribution < -0.4 is 15.0 Å². The molecule has 2 heterocycles. The topological polar surface area (TPSA) is 59.4 Å². The molecule has 122 valence electrons. The number of methoxy groups -OCH3 is 1. The third-order valence-electron chi connectivity index (χ3n) is 4.14. The Morgan fingerprint density at radius 3 is 3.04 bits per heavy atom. The van der Waals surface area contributed by atoms with E-state index in [9.17, 15) is 4.79 Å². The molecule has 6 heteroatoms. The highest BCUT2D eigenvalue weighted by Crippen LogP contribution is 2.24. The molecule has 0 unspecified atom stereocenters. The number of piperidine rings is 1. The van der Waals surface area contributed by atoms with Gasteiger partial charge >= 0.3 is 0 Å². The first kappa shape index (κ1) is 15.4. The van der Waals surface area contributed by atoms with Crippen LogP contribution in [0.5, 0.6) is 5.75 Å². The normalized spacial score (nSPS) is 17.8. The Labute approximate surface area is 136 Å². The molecule has 0 radical (unpaired) electrons. The van der Waals surface area contributed by atoms with Gasteiger partial charge in [-0.2, -0.15) is 5.10 Å². The van der Waals surface area contributed by atoms with E-state index in [1.165, 1.54) is 0 Å². The summed E-state index contributed by atoms with van der Waals surface area (Å²) in [6.45, 7) is 1.80. The summed E-state index contributed by atoms with van der Waals surface area (Å²) in [5, 5.41) is 7.16. The predicted octanol–water partition coefficient (Wildman–Crippen LogP) is 1.83. The van der Waals surface area contributed by atoms with Crippen molar-refractivity contribution >= 4 is 11.6 Å². The molecule has 1 fully saturated rings. The number of benzene rings is 1. The van der Waals surface area contributed by atoms with Gasteiger partial charge in [-0.15, -0.1) is 0 Å². The molecule has 1 saturated heterocycles. The number of amides is 1. The predicted molar refractivity (Wildman–Crippen MR) is 88.9 cm³/mol. The third kappa shape index (κ3) is 3.64. The summed E-state index contributed by atoms with van der Waals surface area (Å²) < 4.78 is 6.93. The highest BCUT2D eigenvalue weighted by atomic mass is 16.5. The molecular weight excluding hydrogens is 292 g/mol. The fourth-order valence-corrected chi connectivity index (χ4v) is 2.94. The minimum absolute atomic E-state index is 0.0596. The summed E-state index contributed by atoms with van der Waals surface area (Å²) in [5.41, 5.74) is 1.73. The first-order chi connectivity index (χ1) is 11.2. The van der Waals surface area contributed by atoms with Crippen LogP contribution in [0.15, 0.2) is 36.7 Å². The Kier molecular flexibility index (Phi) is 4.50. The van der Waals surface area contributed by atoms with Gasteiger partial charge in [-0.1, -0.05) is 6.07 Å². The number of anilines is 1. The van der Waals surface area contributed by atoms with Crippen molar-refractivity contribution in [1.82, 2.24) is 15.1 Å². The van der Waals surface area contributed by atoms with Crippen molar-refractivity contribution in [3.05, 3.63) is 42.2 Å². The molecule has 1 atom stereocenters. The maximum Gasteiger partial charge on any atom is 0.254 e. The van der Waals surface area contributed by atoms with Crippen LogP contribution in [0.4, 0.5) is 5.69 Å². The number of carbonyl (C=O) groups excluding carboxylic acids is 1. The molecule has 2 aromatic rings. The van der Waals surface area contributed by atoms with Crippen molar-refractivity contribution in [2.45, 2.75) is 18.9 Å². The molecule has 1 aliphatic rings. The lowest BCUT2D eigenvalue weighted by Crippen LogP contribution is -2.47. The summed E-state index contributed by atoms with van der Waals surface area (Å²) in [6, 6.07) is 8.18. The first-order valence-electron chi connectivity index (χ1n) is 7.84. The molecule has 23 heavy (non-hydrogen) atoms. The lowest BCUT2D eigenvalue weighted by atomic mass is 10.0. The maximum atomic E-state index is 12.3. The van der Waals surface area contributed by atoms with Gasteiger partial charge in [0.2, 0.25) is 0 Å². The molecule has 0 bridgehead atoms. The largest absolute Gasteiger partial charge is 0.497 e. The fourth-order valence-electron chi connectivity index (χ4n) is 2.94. The minimum Gasteiger partial charge on any atom is -0.497 e. The quantitative estimate of drug-likeness (QED) is 0.935. The first-order valence-corrected chi connectivity index (χ1v) is 7.84. The zero-order valence-corrected chi connectivity index (χ0v) is 13.5. The molecule has 1 aromatic carbocycles. The van der Waals surface area contributed by atoms with Gasteiger partial charge in [0, 0.05) is 44.1 Å². The molecule has 1 aromatic heterocycles. The van der Waals surface area contributed by atoms with Crippen molar-refractivity contribution in [3.63, 3.8) is 0 Å². The molecule has 0 aliphatic carbocycles. The van der Waals surface area contributed by atoms with E-state index in [1.54, 1.807) is 24.2 Å². The molecule has 6 nitrogen and oxygen atoms in total. The molecular formula is C17H22N4O2. The summed E-state index contributed by atoms with van der Waals surface area (Å²) in [6.07, 6.45) is 5.37. The average Bonchev–Trinajstić information content (AvgIpc) is 3.02. The Morgan fingerprint density at radius 2 is 2.30 bits per heavy atom. The van der Waals surface area contributed by atoms with Gasteiger partial charge in [0.25, 0.3) is 5.91 Å². The SMILES string of the molecule is COc1cccc(N2CCC[C@@H](NC(=O)c3cnn(C)c3)C2)c1. The second kappa shape index (κ2) is 6.73. The van der Waals surface area contributed by atoms with Gasteiger partial charge in [0.05, 0.1) is 18.9 Å². The lowest BCUT2D eigenvalue weighted by molar-refractivity contribution is 0.0933. The van der Waals surface area contributed by atoms with Crippen LogP contribution in [0, 0.1) is 0 Å². The highest BCUT2D eigenvalue weighted by Gasteiger charge is 2.22. The van der Waals surface area contributed by atoms with Gasteiger partial charge in [-0.25, -0.2) is 0 Å². The Bertz CT molecular complexity index is 683. The van der Waals surface area contributed by atoms with Crippen LogP contribution in [0.25, 0.3) is 0 Å². The van der Waals surface area contributed by atoms with E-state index in [0.717, 1.165) is 37.4 Å². The van der Waals surface area contributed by atoms with Crippen molar-refractivity contribution in [2.24, 2.45) is 7.05 Å². The van der Waals surface area contributed by atoms with Gasteiger partial charge in [-0.05, 0) is 25.0 Å². The fraction of sp³-hybridized carbons (Fsp3) is 0.412. The summed E-state index contributed by atoms with van der Waals surface area (Å²) in [5.74, 6) is 0.791. The van der Waals surface area contributed by atoms with Gasteiger partial charge in [-0.3, -0.25) is 9.48 Å². The van der Waals surface area contributed by atoms with Crippen LogP contribution in [-0.2, 0) is 7.05 Å². The number of carbonyl (C=O) groups is 1. The smallest absolute Gasteiger partial charge is 0.254 e. The molecule has 1 aliphatic heterocycles. The van der Waals surface area contributed by atoms with Crippen LogP contribution in [0.1, 0.15) is 23.2 Å². The Morgan fingerprint density at radius 1 is 1.43 bits per heavy atom. The monoisotopic (exact) mass is 314 g/mol. The van der Waals surface area contributed by atoms with Crippen molar-refractivity contribution in [1.29, 1.82) is 0 Å². The number of hydrogen-bond donors (Lipinski definition) is 1. The number of hydrogen-bond acceptors (Lipinski definition) is 4. The number of rotatable bonds is 4. The van der Waals surface area contributed by atoms with Crippen LogP contribution in [-0.4, -0.2) is 41.9 Å². The van der Waals surface area contributed by atoms with Gasteiger partial charge in [0.15, 0.2) is 0 Å². The number of aromatic nitrogens is 2. The van der Waals surface area contributed by atoms with E-state index in [2.05, 4.69) is 21.4 Å². The third-order valence-corrected chi connectivity index (χ3v) is 4.14. The van der Waals surface area contributed by atoms with Gasteiger partial charge in [0.1, 0.15) is 5.75 Å². The molecule has 0 saturated carbocycles. The average molecular weight is 314 g/mol. The number of nitrogens with one attached hydrogen (secondary N) is 1. The molecule has 1 amide bonds. The van der Waals surface area contributed by atoms with Crippen LogP contribution in [0.3, 0.4) is 0 Å². The standard InChI is InChI=1S/C17H22N4O2/c1-20-11-13(10-18-20)17(22)19-14-5-4-8-21(12-14)15-6-3-7-16(9-15)23-2/h3,6-7,9-11,14H,4-5,8,12H2,1-2H3,(H,19,22)/t14-/m1/s1. The number of nitrogens with zero attached hydrogens (tertiary/aromatic N) is 3. The molecule has 0 spiro atoms. The second-order valence-corrected chi connectivity index (χ2v) is 5.86. The highest BCUT2D eigenvalue weighted by molar-refractivity contribution is 5.93. The Balaban J connectivity index is 1.64. The van der Waals surface area contributed by atoms with Crippen molar-refractivity contribution in [2.75, 3.05) is 25.1 Å². The number of aryl methyl sites for hydroxylation is 1. The van der Waals surface area contributed by atoms with Gasteiger partial charge < -0.3 is 15.0 Å². The van der Waals surface area contributed by atoms with E-state index in [-0.39, 0.29) is 11.9 Å².